The zero-order chi connectivity index (χ0) is 19.8. The van der Waals surface area contributed by atoms with Gasteiger partial charge in [-0.1, -0.05) is 17.4 Å². The summed E-state index contributed by atoms with van der Waals surface area (Å²) in [5, 5.41) is 6.26. The molecular formula is C21H12FN3O2S2. The summed E-state index contributed by atoms with van der Waals surface area (Å²) in [6, 6.07) is 13.6. The van der Waals surface area contributed by atoms with Gasteiger partial charge in [0.1, 0.15) is 21.9 Å². The minimum Gasteiger partial charge on any atom is -0.457 e. The molecule has 0 atom stereocenters. The average molecular weight is 421 g/mol. The van der Waals surface area contributed by atoms with Crippen LogP contribution in [0.25, 0.3) is 34.5 Å². The molecule has 29 heavy (non-hydrogen) atoms. The molecule has 1 aromatic carbocycles. The maximum absolute atomic E-state index is 13.1. The second-order valence-electron chi connectivity index (χ2n) is 6.14. The molecule has 0 unspecified atom stereocenters. The Morgan fingerprint density at radius 3 is 2.69 bits per heavy atom. The topological polar surface area (TPSA) is 60.4 Å². The number of halogens is 1. The Balaban J connectivity index is 1.45. The van der Waals surface area contributed by atoms with E-state index in [0.29, 0.717) is 26.8 Å². The van der Waals surface area contributed by atoms with E-state index in [0.717, 1.165) is 10.4 Å². The SMILES string of the molecule is O=c1/c(=C\c2ccc(-c3ccc(F)cc3)o2)sc2nc(/C=C/c3cccs3)nn12. The van der Waals surface area contributed by atoms with Gasteiger partial charge in [0.05, 0.1) is 0 Å². The summed E-state index contributed by atoms with van der Waals surface area (Å²) in [7, 11) is 0. The van der Waals surface area contributed by atoms with Gasteiger partial charge in [-0.3, -0.25) is 4.79 Å². The van der Waals surface area contributed by atoms with Gasteiger partial charge in [0.15, 0.2) is 5.82 Å². The van der Waals surface area contributed by atoms with Crippen LogP contribution in [0.2, 0.25) is 0 Å². The Labute approximate surface area is 171 Å². The lowest BCUT2D eigenvalue weighted by atomic mass is 10.2. The molecule has 0 aliphatic heterocycles. The molecule has 0 aliphatic rings. The molecule has 0 amide bonds. The number of hydrogen-bond donors (Lipinski definition) is 0. The first-order chi connectivity index (χ1) is 14.2. The van der Waals surface area contributed by atoms with Gasteiger partial charge >= 0.3 is 0 Å². The number of nitrogens with zero attached hydrogens (tertiary/aromatic N) is 3. The molecule has 0 saturated heterocycles. The van der Waals surface area contributed by atoms with Crippen molar-refractivity contribution in [2.45, 2.75) is 0 Å². The molecule has 142 valence electrons. The molecule has 0 saturated carbocycles. The predicted octanol–water partition coefficient (Wildman–Crippen LogP) is 4.33. The normalized spacial score (nSPS) is 12.5. The minimum absolute atomic E-state index is 0.243. The van der Waals surface area contributed by atoms with E-state index in [9.17, 15) is 9.18 Å². The minimum atomic E-state index is -0.304. The van der Waals surface area contributed by atoms with E-state index in [4.69, 9.17) is 4.42 Å². The fourth-order valence-electron chi connectivity index (χ4n) is 2.79. The van der Waals surface area contributed by atoms with Crippen molar-refractivity contribution in [2.75, 3.05) is 0 Å². The van der Waals surface area contributed by atoms with E-state index in [1.165, 1.54) is 28.0 Å². The summed E-state index contributed by atoms with van der Waals surface area (Å²) < 4.78 is 20.6. The number of thiazole rings is 1. The Bertz CT molecular complexity index is 1430. The van der Waals surface area contributed by atoms with Crippen LogP contribution >= 0.6 is 22.7 Å². The standard InChI is InChI=1S/C21H12FN3O2S2/c22-14-5-3-13(4-6-14)17-9-7-15(27-17)12-18-20(26)25-21(29-18)23-19(24-25)10-8-16-2-1-11-28-16/h1-12H/b10-8+,18-12+. The summed E-state index contributed by atoms with van der Waals surface area (Å²) in [6.45, 7) is 0. The monoisotopic (exact) mass is 421 g/mol. The lowest BCUT2D eigenvalue weighted by molar-refractivity contribution is 0.571. The molecule has 8 heteroatoms. The number of thiophene rings is 1. The predicted molar refractivity (Wildman–Crippen MR) is 113 cm³/mol. The molecule has 4 aromatic heterocycles. The molecule has 0 N–H and O–H groups in total. The molecule has 0 bridgehead atoms. The summed E-state index contributed by atoms with van der Waals surface area (Å²) in [5.74, 6) is 1.32. The number of fused-ring (bicyclic) bond motifs is 1. The van der Waals surface area contributed by atoms with Crippen molar-refractivity contribution in [2.24, 2.45) is 0 Å². The number of benzene rings is 1. The van der Waals surface area contributed by atoms with Crippen molar-refractivity contribution in [3.63, 3.8) is 0 Å². The van der Waals surface area contributed by atoms with Gasteiger partial charge in [0.2, 0.25) is 4.96 Å². The molecule has 5 rings (SSSR count). The third kappa shape index (κ3) is 3.55. The highest BCUT2D eigenvalue weighted by atomic mass is 32.1. The maximum Gasteiger partial charge on any atom is 0.291 e. The highest BCUT2D eigenvalue weighted by Gasteiger charge is 2.10. The Morgan fingerprint density at radius 1 is 1.07 bits per heavy atom. The average Bonchev–Trinajstić information content (AvgIpc) is 3.49. The number of rotatable bonds is 4. The van der Waals surface area contributed by atoms with Crippen LogP contribution in [-0.4, -0.2) is 14.6 Å². The van der Waals surface area contributed by atoms with Crippen LogP contribution in [0.3, 0.4) is 0 Å². The van der Waals surface area contributed by atoms with Crippen molar-refractivity contribution in [1.82, 2.24) is 14.6 Å². The van der Waals surface area contributed by atoms with Gasteiger partial charge < -0.3 is 4.42 Å². The molecular weight excluding hydrogens is 409 g/mol. The van der Waals surface area contributed by atoms with E-state index in [2.05, 4.69) is 10.1 Å². The quantitative estimate of drug-likeness (QED) is 0.433. The van der Waals surface area contributed by atoms with Gasteiger partial charge in [-0.2, -0.15) is 9.50 Å². The van der Waals surface area contributed by atoms with Crippen LogP contribution in [0.4, 0.5) is 4.39 Å². The van der Waals surface area contributed by atoms with Crippen molar-refractivity contribution in [3.8, 4) is 11.3 Å². The molecule has 4 heterocycles. The number of furan rings is 1. The van der Waals surface area contributed by atoms with Crippen LogP contribution in [0.15, 0.2) is 63.1 Å². The summed E-state index contributed by atoms with van der Waals surface area (Å²) in [4.78, 5) is 18.6. The molecule has 5 nitrogen and oxygen atoms in total. The first kappa shape index (κ1) is 17.7. The van der Waals surface area contributed by atoms with Gasteiger partial charge in [-0.05, 0) is 60.0 Å². The zero-order valence-electron chi connectivity index (χ0n) is 14.8. The maximum atomic E-state index is 13.1. The zero-order valence-corrected chi connectivity index (χ0v) is 16.4. The molecule has 0 radical (unpaired) electrons. The Kier molecular flexibility index (Phi) is 4.42. The molecule has 0 aliphatic carbocycles. The summed E-state index contributed by atoms with van der Waals surface area (Å²) >= 11 is 2.87. The van der Waals surface area contributed by atoms with E-state index in [1.807, 2.05) is 23.6 Å². The number of hydrogen-bond acceptors (Lipinski definition) is 6. The van der Waals surface area contributed by atoms with Crippen LogP contribution in [-0.2, 0) is 0 Å². The van der Waals surface area contributed by atoms with Crippen molar-refractivity contribution >= 4 is 45.9 Å². The van der Waals surface area contributed by atoms with Crippen LogP contribution in [0, 0.1) is 5.82 Å². The third-order valence-electron chi connectivity index (χ3n) is 4.17. The first-order valence-corrected chi connectivity index (χ1v) is 10.3. The summed E-state index contributed by atoms with van der Waals surface area (Å²) in [5.41, 5.74) is 0.520. The van der Waals surface area contributed by atoms with Crippen LogP contribution in [0.5, 0.6) is 0 Å². The first-order valence-electron chi connectivity index (χ1n) is 8.64. The molecule has 5 aromatic rings. The summed E-state index contributed by atoms with van der Waals surface area (Å²) in [6.07, 6.45) is 5.37. The van der Waals surface area contributed by atoms with Crippen molar-refractivity contribution in [3.05, 3.63) is 91.1 Å². The lowest BCUT2D eigenvalue weighted by Crippen LogP contribution is -2.23. The van der Waals surface area contributed by atoms with Gasteiger partial charge in [-0.25, -0.2) is 4.39 Å². The highest BCUT2D eigenvalue weighted by molar-refractivity contribution is 7.15. The largest absolute Gasteiger partial charge is 0.457 e. The Hall–Kier alpha value is -3.36. The van der Waals surface area contributed by atoms with Crippen LogP contribution < -0.4 is 10.1 Å². The lowest BCUT2D eigenvalue weighted by Gasteiger charge is -1.95. The highest BCUT2D eigenvalue weighted by Crippen LogP contribution is 2.22. The van der Waals surface area contributed by atoms with E-state index < -0.39 is 0 Å². The Morgan fingerprint density at radius 2 is 1.93 bits per heavy atom. The van der Waals surface area contributed by atoms with Crippen molar-refractivity contribution in [1.29, 1.82) is 0 Å². The smallest absolute Gasteiger partial charge is 0.291 e. The second-order valence-corrected chi connectivity index (χ2v) is 8.13. The fourth-order valence-corrected chi connectivity index (χ4v) is 4.30. The van der Waals surface area contributed by atoms with E-state index in [1.54, 1.807) is 47.8 Å². The second kappa shape index (κ2) is 7.23. The number of aromatic nitrogens is 3. The fraction of sp³-hybridized carbons (Fsp3) is 0. The van der Waals surface area contributed by atoms with Gasteiger partial charge in [-0.15, -0.1) is 16.4 Å². The van der Waals surface area contributed by atoms with E-state index >= 15 is 0 Å². The molecule has 0 fully saturated rings. The van der Waals surface area contributed by atoms with Gasteiger partial charge in [0, 0.05) is 16.5 Å². The van der Waals surface area contributed by atoms with Gasteiger partial charge in [0.25, 0.3) is 5.56 Å². The molecule has 0 spiro atoms. The van der Waals surface area contributed by atoms with Crippen molar-refractivity contribution < 1.29 is 8.81 Å². The van der Waals surface area contributed by atoms with Crippen LogP contribution in [0.1, 0.15) is 16.5 Å². The van der Waals surface area contributed by atoms with E-state index in [-0.39, 0.29) is 11.4 Å². The third-order valence-corrected chi connectivity index (χ3v) is 5.96.